The van der Waals surface area contributed by atoms with Gasteiger partial charge in [-0.2, -0.15) is 4.31 Å². The maximum atomic E-state index is 13.2. The topological polar surface area (TPSA) is 127 Å². The van der Waals surface area contributed by atoms with Crippen molar-refractivity contribution in [3.63, 3.8) is 0 Å². The van der Waals surface area contributed by atoms with Crippen LogP contribution in [0.5, 0.6) is 5.75 Å². The SMILES string of the molecule is COc1ccc(S(=O)(=O)N(CCO)CCO[C@H]2C[C@@H](c3cn(C(C)=O)c4ccccc34)C=C(C(=O)N3CC3)O2)cc1. The molecule has 3 aromatic rings. The number of sulfonamides is 1. The lowest BCUT2D eigenvalue weighted by Gasteiger charge is -2.30. The van der Waals surface area contributed by atoms with Crippen molar-refractivity contribution in [2.75, 3.05) is 46.5 Å². The number of aliphatic hydroxyl groups excluding tert-OH is 1. The van der Waals surface area contributed by atoms with Crippen molar-refractivity contribution in [2.24, 2.45) is 0 Å². The molecule has 1 N–H and O–H groups in total. The second-order valence-electron chi connectivity index (χ2n) is 9.88. The Hall–Kier alpha value is -3.71. The van der Waals surface area contributed by atoms with Gasteiger partial charge in [0, 0.05) is 57.0 Å². The minimum Gasteiger partial charge on any atom is -0.497 e. The molecule has 1 aromatic heterocycles. The molecule has 2 aliphatic rings. The van der Waals surface area contributed by atoms with Crippen LogP contribution >= 0.6 is 0 Å². The molecule has 2 atom stereocenters. The van der Waals surface area contributed by atoms with Crippen LogP contribution in [-0.2, 0) is 24.3 Å². The molecule has 0 bridgehead atoms. The molecule has 0 saturated carbocycles. The van der Waals surface area contributed by atoms with Gasteiger partial charge < -0.3 is 24.2 Å². The van der Waals surface area contributed by atoms with E-state index in [0.717, 1.165) is 20.8 Å². The number of para-hydroxylation sites is 1. The van der Waals surface area contributed by atoms with E-state index in [1.54, 1.807) is 33.9 Å². The van der Waals surface area contributed by atoms with Crippen LogP contribution in [0.3, 0.4) is 0 Å². The van der Waals surface area contributed by atoms with Gasteiger partial charge in [0.05, 0.1) is 30.7 Å². The summed E-state index contributed by atoms with van der Waals surface area (Å²) in [5.41, 5.74) is 1.64. The maximum absolute atomic E-state index is 13.2. The molecule has 5 rings (SSSR count). The molecule has 0 aliphatic carbocycles. The summed E-state index contributed by atoms with van der Waals surface area (Å²) in [6, 6.07) is 13.6. The maximum Gasteiger partial charge on any atom is 0.288 e. The van der Waals surface area contributed by atoms with Crippen LogP contribution in [0.2, 0.25) is 0 Å². The number of rotatable bonds is 11. The number of hydrogen-bond donors (Lipinski definition) is 1. The first-order valence-corrected chi connectivity index (χ1v) is 14.8. The fraction of sp³-hybridized carbons (Fsp3) is 0.379. The molecule has 0 spiro atoms. The van der Waals surface area contributed by atoms with E-state index in [1.807, 2.05) is 24.3 Å². The largest absolute Gasteiger partial charge is 0.497 e. The van der Waals surface area contributed by atoms with Crippen molar-refractivity contribution in [1.82, 2.24) is 13.8 Å². The van der Waals surface area contributed by atoms with Gasteiger partial charge in [0.15, 0.2) is 5.76 Å². The molecule has 11 nitrogen and oxygen atoms in total. The van der Waals surface area contributed by atoms with Crippen LogP contribution in [0.15, 0.2) is 71.5 Å². The van der Waals surface area contributed by atoms with E-state index in [-0.39, 0.29) is 54.7 Å². The molecular weight excluding hydrogens is 550 g/mol. The van der Waals surface area contributed by atoms with Gasteiger partial charge in [-0.05, 0) is 42.0 Å². The summed E-state index contributed by atoms with van der Waals surface area (Å²) < 4.78 is 46.3. The van der Waals surface area contributed by atoms with Crippen LogP contribution in [0.4, 0.5) is 0 Å². The zero-order chi connectivity index (χ0) is 29.1. The molecule has 1 amide bonds. The molecule has 0 radical (unpaired) electrons. The molecule has 0 unspecified atom stereocenters. The summed E-state index contributed by atoms with van der Waals surface area (Å²) in [6.45, 7) is 2.24. The lowest BCUT2D eigenvalue weighted by atomic mass is 9.92. The quantitative estimate of drug-likeness (QED) is 0.341. The monoisotopic (exact) mass is 583 g/mol. The zero-order valence-electron chi connectivity index (χ0n) is 22.9. The van der Waals surface area contributed by atoms with Crippen LogP contribution in [0.1, 0.15) is 29.6 Å². The number of fused-ring (bicyclic) bond motifs is 1. The summed E-state index contributed by atoms with van der Waals surface area (Å²) in [4.78, 5) is 27.0. The molecule has 2 aliphatic heterocycles. The van der Waals surface area contributed by atoms with Gasteiger partial charge in [-0.25, -0.2) is 8.42 Å². The highest BCUT2D eigenvalue weighted by atomic mass is 32.2. The van der Waals surface area contributed by atoms with Crippen molar-refractivity contribution < 1.29 is 37.3 Å². The Kier molecular flexibility index (Phi) is 8.45. The lowest BCUT2D eigenvalue weighted by Crippen LogP contribution is -2.37. The smallest absolute Gasteiger partial charge is 0.288 e. The van der Waals surface area contributed by atoms with E-state index >= 15 is 0 Å². The third-order valence-corrected chi connectivity index (χ3v) is 9.09. The third-order valence-electron chi connectivity index (χ3n) is 7.18. The highest BCUT2D eigenvalue weighted by molar-refractivity contribution is 7.89. The fourth-order valence-electron chi connectivity index (χ4n) is 4.94. The number of amides is 1. The molecule has 12 heteroatoms. The first kappa shape index (κ1) is 28.8. The summed E-state index contributed by atoms with van der Waals surface area (Å²) in [5, 5.41) is 10.4. The van der Waals surface area contributed by atoms with Crippen molar-refractivity contribution in [1.29, 1.82) is 0 Å². The van der Waals surface area contributed by atoms with E-state index in [0.29, 0.717) is 25.3 Å². The fourth-order valence-corrected chi connectivity index (χ4v) is 6.36. The summed E-state index contributed by atoms with van der Waals surface area (Å²) in [6.07, 6.45) is 3.09. The number of carbonyl (C=O) groups excluding carboxylic acids is 2. The van der Waals surface area contributed by atoms with Crippen molar-refractivity contribution in [3.8, 4) is 5.75 Å². The van der Waals surface area contributed by atoms with E-state index in [9.17, 15) is 23.1 Å². The minimum atomic E-state index is -3.91. The Morgan fingerprint density at radius 1 is 1.10 bits per heavy atom. The normalized spacial score (nSPS) is 18.7. The number of hydrogen-bond acceptors (Lipinski definition) is 8. The summed E-state index contributed by atoms with van der Waals surface area (Å²) in [5.74, 6) is 0.0508. The molecule has 41 heavy (non-hydrogen) atoms. The number of allylic oxidation sites excluding steroid dienone is 1. The molecular formula is C29H33N3O8S. The number of aliphatic hydroxyl groups is 1. The second-order valence-corrected chi connectivity index (χ2v) is 11.8. The Morgan fingerprint density at radius 3 is 2.49 bits per heavy atom. The number of aromatic nitrogens is 1. The van der Waals surface area contributed by atoms with Gasteiger partial charge >= 0.3 is 0 Å². The number of ether oxygens (including phenoxy) is 3. The second kappa shape index (κ2) is 12.0. The summed E-state index contributed by atoms with van der Waals surface area (Å²) in [7, 11) is -2.42. The van der Waals surface area contributed by atoms with Gasteiger partial charge in [0.25, 0.3) is 5.91 Å². The van der Waals surface area contributed by atoms with E-state index < -0.39 is 16.3 Å². The zero-order valence-corrected chi connectivity index (χ0v) is 23.7. The standard InChI is InChI=1S/C29H33N3O8S/c1-20(34)32-19-25(24-5-3-4-6-26(24)32)21-17-27(29(35)30-11-12-30)40-28(18-21)39-16-14-31(13-15-33)41(36,37)23-9-7-22(38-2)8-10-23/h3-10,17,19,21,28,33H,11-16,18H2,1-2H3/t21-,28+/m0/s1. The predicted octanol–water partition coefficient (Wildman–Crippen LogP) is 2.57. The van der Waals surface area contributed by atoms with Crippen LogP contribution in [0, 0.1) is 0 Å². The van der Waals surface area contributed by atoms with Gasteiger partial charge in [-0.3, -0.25) is 14.2 Å². The lowest BCUT2D eigenvalue weighted by molar-refractivity contribution is -0.149. The first-order chi connectivity index (χ1) is 19.7. The van der Waals surface area contributed by atoms with Gasteiger partial charge in [0.1, 0.15) is 5.75 Å². The van der Waals surface area contributed by atoms with E-state index in [2.05, 4.69) is 0 Å². The molecule has 3 heterocycles. The molecule has 2 aromatic carbocycles. The Bertz CT molecular complexity index is 1560. The van der Waals surface area contributed by atoms with E-state index in [1.165, 1.54) is 26.2 Å². The minimum absolute atomic E-state index is 0.0346. The number of methoxy groups -OCH3 is 1. The van der Waals surface area contributed by atoms with Crippen molar-refractivity contribution >= 4 is 32.7 Å². The average molecular weight is 584 g/mol. The average Bonchev–Trinajstić information content (AvgIpc) is 3.75. The van der Waals surface area contributed by atoms with Crippen LogP contribution in [0.25, 0.3) is 10.9 Å². The highest BCUT2D eigenvalue weighted by Gasteiger charge is 2.35. The van der Waals surface area contributed by atoms with Crippen molar-refractivity contribution in [2.45, 2.75) is 30.4 Å². The molecule has 1 saturated heterocycles. The number of nitrogens with zero attached hydrogens (tertiary/aromatic N) is 3. The Labute approximate surface area is 238 Å². The van der Waals surface area contributed by atoms with Crippen LogP contribution < -0.4 is 4.74 Å². The Morgan fingerprint density at radius 2 is 1.83 bits per heavy atom. The molecule has 1 fully saturated rings. The number of carbonyl (C=O) groups is 2. The van der Waals surface area contributed by atoms with Gasteiger partial charge in [-0.1, -0.05) is 18.2 Å². The van der Waals surface area contributed by atoms with Gasteiger partial charge in [0.2, 0.25) is 22.2 Å². The third kappa shape index (κ3) is 6.15. The highest BCUT2D eigenvalue weighted by Crippen LogP contribution is 2.37. The number of benzene rings is 2. The van der Waals surface area contributed by atoms with Crippen molar-refractivity contribution in [3.05, 3.63) is 72.1 Å². The Balaban J connectivity index is 1.35. The van der Waals surface area contributed by atoms with Crippen LogP contribution in [-0.4, -0.2) is 91.9 Å². The van der Waals surface area contributed by atoms with Gasteiger partial charge in [-0.15, -0.1) is 0 Å². The summed E-state index contributed by atoms with van der Waals surface area (Å²) >= 11 is 0. The first-order valence-electron chi connectivity index (χ1n) is 13.4. The predicted molar refractivity (Wildman–Crippen MR) is 150 cm³/mol. The molecule has 218 valence electrons. The van der Waals surface area contributed by atoms with E-state index in [4.69, 9.17) is 14.2 Å².